The average Bonchev–Trinajstić information content (AvgIpc) is 2.27. The van der Waals surface area contributed by atoms with Gasteiger partial charge in [-0.2, -0.15) is 0 Å². The number of piperidine rings is 1. The summed E-state index contributed by atoms with van der Waals surface area (Å²) < 4.78 is 1.16. The van der Waals surface area contributed by atoms with E-state index in [4.69, 9.17) is 5.73 Å². The lowest BCUT2D eigenvalue weighted by atomic mass is 9.84. The molecular weight excluding hydrogens is 276 g/mol. The molecule has 0 amide bonds. The average molecular weight is 297 g/mol. The van der Waals surface area contributed by atoms with Gasteiger partial charge < -0.3 is 10.6 Å². The van der Waals surface area contributed by atoms with Gasteiger partial charge >= 0.3 is 0 Å². The molecule has 0 aliphatic carbocycles. The van der Waals surface area contributed by atoms with E-state index in [1.165, 1.54) is 24.1 Å². The van der Waals surface area contributed by atoms with Crippen LogP contribution in [0, 0.1) is 5.41 Å². The number of hydrogen-bond acceptors (Lipinski definition) is 2. The van der Waals surface area contributed by atoms with Gasteiger partial charge in [-0.15, -0.1) is 0 Å². The number of anilines is 1. The van der Waals surface area contributed by atoms with E-state index in [1.54, 1.807) is 0 Å². The van der Waals surface area contributed by atoms with Crippen molar-refractivity contribution >= 4 is 21.6 Å². The van der Waals surface area contributed by atoms with Crippen LogP contribution < -0.4 is 10.6 Å². The Labute approximate surface area is 112 Å². The Kier molecular flexibility index (Phi) is 3.79. The van der Waals surface area contributed by atoms with Crippen LogP contribution in [0.15, 0.2) is 22.7 Å². The lowest BCUT2D eigenvalue weighted by Gasteiger charge is -2.40. The van der Waals surface area contributed by atoms with Crippen LogP contribution in [0.4, 0.5) is 5.69 Å². The molecule has 0 saturated carbocycles. The highest BCUT2D eigenvalue weighted by Crippen LogP contribution is 2.35. The van der Waals surface area contributed by atoms with E-state index in [2.05, 4.69) is 52.9 Å². The van der Waals surface area contributed by atoms with E-state index in [9.17, 15) is 0 Å². The molecule has 1 aromatic carbocycles. The summed E-state index contributed by atoms with van der Waals surface area (Å²) in [5.41, 5.74) is 8.56. The summed E-state index contributed by atoms with van der Waals surface area (Å²) in [5, 5.41) is 0. The van der Waals surface area contributed by atoms with Gasteiger partial charge in [-0.25, -0.2) is 0 Å². The molecule has 94 valence electrons. The summed E-state index contributed by atoms with van der Waals surface area (Å²) in [4.78, 5) is 2.48. The van der Waals surface area contributed by atoms with Gasteiger partial charge in [0.25, 0.3) is 0 Å². The summed E-state index contributed by atoms with van der Waals surface area (Å²) >= 11 is 3.66. The minimum absolute atomic E-state index is 0.421. The van der Waals surface area contributed by atoms with Gasteiger partial charge in [0.05, 0.1) is 5.69 Å². The van der Waals surface area contributed by atoms with Crippen molar-refractivity contribution in [2.75, 3.05) is 18.0 Å². The van der Waals surface area contributed by atoms with Crippen LogP contribution in [0.1, 0.15) is 32.3 Å². The van der Waals surface area contributed by atoms with Crippen molar-refractivity contribution < 1.29 is 0 Å². The lowest BCUT2D eigenvalue weighted by molar-refractivity contribution is 0.293. The third-order valence-electron chi connectivity index (χ3n) is 3.49. The fraction of sp³-hybridized carbons (Fsp3) is 0.571. The van der Waals surface area contributed by atoms with Gasteiger partial charge in [0.2, 0.25) is 0 Å². The molecule has 0 spiro atoms. The van der Waals surface area contributed by atoms with Gasteiger partial charge in [-0.05, 0) is 51.9 Å². The van der Waals surface area contributed by atoms with Crippen LogP contribution >= 0.6 is 15.9 Å². The second kappa shape index (κ2) is 4.99. The van der Waals surface area contributed by atoms with Gasteiger partial charge in [0, 0.05) is 24.1 Å². The monoisotopic (exact) mass is 296 g/mol. The quantitative estimate of drug-likeness (QED) is 0.904. The zero-order valence-corrected chi connectivity index (χ0v) is 12.3. The third-order valence-corrected chi connectivity index (χ3v) is 4.12. The van der Waals surface area contributed by atoms with Crippen molar-refractivity contribution in [3.63, 3.8) is 0 Å². The van der Waals surface area contributed by atoms with Crippen LogP contribution in [0.2, 0.25) is 0 Å². The summed E-state index contributed by atoms with van der Waals surface area (Å²) in [5.74, 6) is 0. The molecule has 1 fully saturated rings. The maximum absolute atomic E-state index is 5.66. The van der Waals surface area contributed by atoms with Crippen LogP contribution in [-0.4, -0.2) is 13.1 Å². The SMILES string of the molecule is CC1(C)CCCN(c2ccc(CN)cc2Br)C1. The second-order valence-corrected chi connectivity index (χ2v) is 6.53. The van der Waals surface area contributed by atoms with Gasteiger partial charge in [0.15, 0.2) is 0 Å². The molecule has 2 nitrogen and oxygen atoms in total. The number of nitrogens with zero attached hydrogens (tertiary/aromatic N) is 1. The number of hydrogen-bond donors (Lipinski definition) is 1. The first-order valence-corrected chi connectivity index (χ1v) is 7.04. The van der Waals surface area contributed by atoms with Gasteiger partial charge in [-0.3, -0.25) is 0 Å². The van der Waals surface area contributed by atoms with Crippen LogP contribution in [0.5, 0.6) is 0 Å². The fourth-order valence-corrected chi connectivity index (χ4v) is 3.24. The standard InChI is InChI=1S/C14H21BrN2/c1-14(2)6-3-7-17(10-14)13-5-4-11(9-16)8-12(13)15/h4-5,8H,3,6-7,9-10,16H2,1-2H3. The largest absolute Gasteiger partial charge is 0.370 e. The Hall–Kier alpha value is -0.540. The lowest BCUT2D eigenvalue weighted by Crippen LogP contribution is -2.40. The number of nitrogens with two attached hydrogens (primary N) is 1. The van der Waals surface area contributed by atoms with E-state index >= 15 is 0 Å². The molecule has 3 heteroatoms. The summed E-state index contributed by atoms with van der Waals surface area (Å²) in [6, 6.07) is 6.45. The second-order valence-electron chi connectivity index (χ2n) is 5.68. The molecule has 2 rings (SSSR count). The summed E-state index contributed by atoms with van der Waals surface area (Å²) in [6.07, 6.45) is 2.60. The molecule has 1 heterocycles. The van der Waals surface area contributed by atoms with Crippen molar-refractivity contribution in [2.45, 2.75) is 33.2 Å². The van der Waals surface area contributed by atoms with E-state index in [0.29, 0.717) is 12.0 Å². The molecule has 1 aliphatic heterocycles. The first kappa shape index (κ1) is 12.9. The van der Waals surface area contributed by atoms with E-state index < -0.39 is 0 Å². The predicted molar refractivity (Wildman–Crippen MR) is 77.3 cm³/mol. The molecule has 0 bridgehead atoms. The molecule has 0 atom stereocenters. The Morgan fingerprint density at radius 3 is 2.76 bits per heavy atom. The van der Waals surface area contributed by atoms with Crippen molar-refractivity contribution in [1.82, 2.24) is 0 Å². The Bertz CT molecular complexity index is 401. The zero-order valence-electron chi connectivity index (χ0n) is 10.7. The Balaban J connectivity index is 2.22. The normalized spacial score (nSPS) is 19.4. The van der Waals surface area contributed by atoms with Crippen molar-refractivity contribution in [3.05, 3.63) is 28.2 Å². The van der Waals surface area contributed by atoms with Crippen molar-refractivity contribution in [2.24, 2.45) is 11.1 Å². The van der Waals surface area contributed by atoms with E-state index in [0.717, 1.165) is 17.6 Å². The molecule has 1 saturated heterocycles. The number of halogens is 1. The predicted octanol–water partition coefficient (Wildman–Crippen LogP) is 3.53. The molecule has 0 radical (unpaired) electrons. The molecule has 1 aliphatic rings. The van der Waals surface area contributed by atoms with E-state index in [-0.39, 0.29) is 0 Å². The summed E-state index contributed by atoms with van der Waals surface area (Å²) in [7, 11) is 0. The molecular formula is C14H21BrN2. The highest BCUT2D eigenvalue weighted by Gasteiger charge is 2.27. The smallest absolute Gasteiger partial charge is 0.0511 e. The highest BCUT2D eigenvalue weighted by molar-refractivity contribution is 9.10. The minimum Gasteiger partial charge on any atom is -0.370 e. The zero-order chi connectivity index (χ0) is 12.5. The van der Waals surface area contributed by atoms with Gasteiger partial charge in [0.1, 0.15) is 0 Å². The third kappa shape index (κ3) is 3.02. The maximum Gasteiger partial charge on any atom is 0.0511 e. The Morgan fingerprint density at radius 2 is 2.18 bits per heavy atom. The number of benzene rings is 1. The fourth-order valence-electron chi connectivity index (χ4n) is 2.56. The maximum atomic E-state index is 5.66. The van der Waals surface area contributed by atoms with Crippen LogP contribution in [-0.2, 0) is 6.54 Å². The molecule has 1 aromatic rings. The first-order valence-electron chi connectivity index (χ1n) is 6.25. The molecule has 0 unspecified atom stereocenters. The Morgan fingerprint density at radius 1 is 1.41 bits per heavy atom. The van der Waals surface area contributed by atoms with Crippen LogP contribution in [0.3, 0.4) is 0 Å². The highest BCUT2D eigenvalue weighted by atomic mass is 79.9. The van der Waals surface area contributed by atoms with Crippen LogP contribution in [0.25, 0.3) is 0 Å². The van der Waals surface area contributed by atoms with Gasteiger partial charge in [-0.1, -0.05) is 19.9 Å². The van der Waals surface area contributed by atoms with E-state index in [1.807, 2.05) is 0 Å². The first-order chi connectivity index (χ1) is 8.02. The minimum atomic E-state index is 0.421. The molecule has 17 heavy (non-hydrogen) atoms. The summed E-state index contributed by atoms with van der Waals surface area (Å²) in [6.45, 7) is 7.59. The number of rotatable bonds is 2. The van der Waals surface area contributed by atoms with Crippen molar-refractivity contribution in [1.29, 1.82) is 0 Å². The molecule has 2 N–H and O–H groups in total. The topological polar surface area (TPSA) is 29.3 Å². The van der Waals surface area contributed by atoms with Crippen molar-refractivity contribution in [3.8, 4) is 0 Å². The molecule has 0 aromatic heterocycles.